The number of hydrogen-bond acceptors (Lipinski definition) is 7. The van der Waals surface area contributed by atoms with Crippen LogP contribution in [0.1, 0.15) is 90.0 Å². The van der Waals surface area contributed by atoms with Gasteiger partial charge in [0.05, 0.1) is 29.8 Å². The van der Waals surface area contributed by atoms with Gasteiger partial charge in [0.2, 0.25) is 0 Å². The number of allylic oxidation sites excluding steroid dienone is 1. The van der Waals surface area contributed by atoms with Crippen LogP contribution in [0, 0.1) is 34.4 Å². The van der Waals surface area contributed by atoms with Crippen molar-refractivity contribution in [2.24, 2.45) is 28.6 Å². The minimum atomic E-state index is -1.23. The fourth-order valence-corrected chi connectivity index (χ4v) is 10.7. The molecule has 9 atom stereocenters. The first-order valence-corrected chi connectivity index (χ1v) is 17.5. The fourth-order valence-electron chi connectivity index (χ4n) is 10.7. The average Bonchev–Trinajstić information content (AvgIpc) is 3.68. The third-order valence-electron chi connectivity index (χ3n) is 12.9. The minimum Gasteiger partial charge on any atom is -0.393 e. The molecule has 5 aliphatic rings. The number of ketones is 1. The molecule has 4 fully saturated rings. The summed E-state index contributed by atoms with van der Waals surface area (Å²) in [6, 6.07) is 5.27. The summed E-state index contributed by atoms with van der Waals surface area (Å²) in [5.74, 6) is -0.174. The van der Waals surface area contributed by atoms with Gasteiger partial charge in [-0.05, 0) is 105 Å². The maximum absolute atomic E-state index is 14.8. The Morgan fingerprint density at radius 2 is 2.00 bits per heavy atom. The molecule has 2 aromatic rings. The molecule has 8 nitrogen and oxygen atoms in total. The van der Waals surface area contributed by atoms with Gasteiger partial charge in [0.15, 0.2) is 17.7 Å². The Labute approximate surface area is 271 Å². The van der Waals surface area contributed by atoms with Crippen molar-refractivity contribution in [1.29, 1.82) is 0 Å². The van der Waals surface area contributed by atoms with Gasteiger partial charge >= 0.3 is 0 Å². The lowest BCUT2D eigenvalue weighted by molar-refractivity contribution is -0.202. The monoisotopic (exact) mass is 635 g/mol. The maximum Gasteiger partial charge on any atom is 0.193 e. The first-order chi connectivity index (χ1) is 22.0. The maximum atomic E-state index is 14.8. The number of carbonyl (C=O) groups is 1. The highest BCUT2D eigenvalue weighted by atomic mass is 19.1. The van der Waals surface area contributed by atoms with Crippen LogP contribution in [0.4, 0.5) is 4.39 Å². The number of aliphatic hydroxyl groups excluding tert-OH is 2. The van der Waals surface area contributed by atoms with E-state index in [1.807, 2.05) is 16.9 Å². The van der Waals surface area contributed by atoms with E-state index in [1.54, 1.807) is 12.1 Å². The van der Waals surface area contributed by atoms with E-state index in [9.17, 15) is 19.4 Å². The van der Waals surface area contributed by atoms with Crippen molar-refractivity contribution in [3.05, 3.63) is 52.6 Å². The van der Waals surface area contributed by atoms with E-state index < -0.39 is 36.1 Å². The molecule has 0 radical (unpaired) electrons. The molecular formula is C37H50FN3O5. The Balaban J connectivity index is 1.20. The van der Waals surface area contributed by atoms with Crippen LogP contribution in [0.3, 0.4) is 0 Å². The molecule has 3 saturated carbocycles. The summed E-state index contributed by atoms with van der Waals surface area (Å²) in [6.45, 7) is 12.3. The second-order valence-electron chi connectivity index (χ2n) is 15.0. The summed E-state index contributed by atoms with van der Waals surface area (Å²) in [5, 5.41) is 27.1. The highest BCUT2D eigenvalue weighted by molar-refractivity contribution is 5.91. The lowest BCUT2D eigenvalue weighted by Gasteiger charge is -2.60. The summed E-state index contributed by atoms with van der Waals surface area (Å²) in [7, 11) is 0. The Morgan fingerprint density at radius 3 is 2.72 bits per heavy atom. The van der Waals surface area contributed by atoms with Gasteiger partial charge in [-0.3, -0.25) is 9.69 Å². The Kier molecular flexibility index (Phi) is 8.12. The number of fused-ring (bicyclic) bond motifs is 8. The zero-order valence-electron chi connectivity index (χ0n) is 28.0. The topological polar surface area (TPSA) is 97.1 Å². The van der Waals surface area contributed by atoms with E-state index in [-0.39, 0.29) is 34.8 Å². The van der Waals surface area contributed by atoms with Crippen LogP contribution in [0.25, 0.3) is 11.8 Å². The van der Waals surface area contributed by atoms with Crippen molar-refractivity contribution in [2.45, 2.75) is 110 Å². The lowest BCUT2D eigenvalue weighted by atomic mass is 9.45. The summed E-state index contributed by atoms with van der Waals surface area (Å²) in [6.07, 6.45) is 7.99. The van der Waals surface area contributed by atoms with Crippen LogP contribution >= 0.6 is 0 Å². The second-order valence-corrected chi connectivity index (χ2v) is 15.0. The Hall–Kier alpha value is -2.43. The van der Waals surface area contributed by atoms with Crippen molar-refractivity contribution >= 4 is 11.9 Å². The standard InChI is InChI=1S/C37H50FN3O5/c1-6-9-33-45-32-16-27-26-12-10-24-15-29-23(19-39-41(29)25-11-13-28(38)22(14-25)20-40(7-2)8-3)17-35(24,4)34(26)30(43)18-36(27,5)37(32,46-33)31(44)21-42/h11,13-15,19,26-27,30,32-34,42-43H,6-10,12,16-18,20-21H2,1-5H3/t26-,27-,30-,32+,33+,34+,35-,36-,37+/m0/s1. The quantitative estimate of drug-likeness (QED) is 0.378. The average molecular weight is 636 g/mol. The summed E-state index contributed by atoms with van der Waals surface area (Å²) < 4.78 is 29.7. The van der Waals surface area contributed by atoms with Crippen molar-refractivity contribution in [2.75, 3.05) is 19.7 Å². The third kappa shape index (κ3) is 4.48. The molecule has 250 valence electrons. The van der Waals surface area contributed by atoms with Gasteiger partial charge in [0, 0.05) is 17.5 Å². The molecule has 1 aromatic carbocycles. The van der Waals surface area contributed by atoms with Crippen LogP contribution in [0.2, 0.25) is 0 Å². The van der Waals surface area contributed by atoms with Gasteiger partial charge in [0.25, 0.3) is 0 Å². The van der Waals surface area contributed by atoms with E-state index in [4.69, 9.17) is 14.6 Å². The SMILES string of the molecule is CCC[C@@H]1O[C@@H]2C[C@H]3[C@@H]4CCC5=Cc6c(cnn6-c6ccc(F)c(CN(CC)CC)c6)C[C@]5(C)[C@H]4[C@@H](O)C[C@]3(C)[C@]2(C(=O)CO)O1. The molecule has 46 heavy (non-hydrogen) atoms. The Bertz CT molecular complexity index is 1540. The van der Waals surface area contributed by atoms with Gasteiger partial charge in [0.1, 0.15) is 12.4 Å². The first kappa shape index (κ1) is 32.1. The van der Waals surface area contributed by atoms with Crippen LogP contribution < -0.4 is 0 Å². The van der Waals surface area contributed by atoms with Crippen LogP contribution in [0.5, 0.6) is 0 Å². The molecule has 0 amide bonds. The highest BCUT2D eigenvalue weighted by Gasteiger charge is 2.75. The number of benzene rings is 1. The smallest absolute Gasteiger partial charge is 0.193 e. The van der Waals surface area contributed by atoms with Crippen LogP contribution in [0.15, 0.2) is 30.0 Å². The lowest BCUT2D eigenvalue weighted by Crippen LogP contribution is -2.64. The predicted molar refractivity (Wildman–Crippen MR) is 172 cm³/mol. The van der Waals surface area contributed by atoms with Crippen molar-refractivity contribution in [3.63, 3.8) is 0 Å². The molecule has 7 rings (SSSR count). The minimum absolute atomic E-state index is 0.0140. The Morgan fingerprint density at radius 1 is 1.22 bits per heavy atom. The molecular weight excluding hydrogens is 585 g/mol. The summed E-state index contributed by atoms with van der Waals surface area (Å²) in [5.41, 5.74) is 2.89. The number of ether oxygens (including phenoxy) is 2. The zero-order chi connectivity index (χ0) is 32.6. The molecule has 1 aliphatic heterocycles. The number of hydrogen-bond donors (Lipinski definition) is 2. The number of nitrogens with zero attached hydrogens (tertiary/aromatic N) is 3. The van der Waals surface area contributed by atoms with Gasteiger partial charge in [-0.1, -0.05) is 46.6 Å². The molecule has 0 spiro atoms. The van der Waals surface area contributed by atoms with E-state index in [0.29, 0.717) is 31.4 Å². The van der Waals surface area contributed by atoms with Gasteiger partial charge in [-0.15, -0.1) is 0 Å². The molecule has 0 unspecified atom stereocenters. The first-order valence-electron chi connectivity index (χ1n) is 17.5. The molecule has 2 heterocycles. The van der Waals surface area contributed by atoms with Crippen LogP contribution in [-0.4, -0.2) is 74.5 Å². The predicted octanol–water partition coefficient (Wildman–Crippen LogP) is 5.46. The van der Waals surface area contributed by atoms with Crippen molar-refractivity contribution in [1.82, 2.24) is 14.7 Å². The number of Topliss-reactive ketones (excluding diaryl/α,β-unsaturated/α-hetero) is 1. The number of aromatic nitrogens is 2. The number of halogens is 1. The van der Waals surface area contributed by atoms with Crippen molar-refractivity contribution < 1.29 is 28.9 Å². The number of carbonyl (C=O) groups excluding carboxylic acids is 1. The molecule has 0 bridgehead atoms. The fraction of sp³-hybridized carbons (Fsp3) is 0.676. The van der Waals surface area contributed by atoms with E-state index in [2.05, 4.69) is 45.6 Å². The molecule has 4 aliphatic carbocycles. The van der Waals surface area contributed by atoms with Crippen molar-refractivity contribution in [3.8, 4) is 5.69 Å². The van der Waals surface area contributed by atoms with E-state index in [0.717, 1.165) is 55.7 Å². The molecule has 9 heteroatoms. The second kappa shape index (κ2) is 11.6. The third-order valence-corrected chi connectivity index (χ3v) is 12.9. The van der Waals surface area contributed by atoms with E-state index in [1.165, 1.54) is 5.57 Å². The molecule has 2 N–H and O–H groups in total. The number of aliphatic hydroxyl groups is 2. The zero-order valence-corrected chi connectivity index (χ0v) is 28.0. The summed E-state index contributed by atoms with van der Waals surface area (Å²) in [4.78, 5) is 15.8. The van der Waals surface area contributed by atoms with Gasteiger partial charge in [-0.2, -0.15) is 5.10 Å². The highest BCUT2D eigenvalue weighted by Crippen LogP contribution is 2.70. The normalized spacial score (nSPS) is 37.7. The number of rotatable bonds is 9. The van der Waals surface area contributed by atoms with Crippen LogP contribution in [-0.2, 0) is 27.2 Å². The van der Waals surface area contributed by atoms with Gasteiger partial charge in [-0.25, -0.2) is 9.07 Å². The summed E-state index contributed by atoms with van der Waals surface area (Å²) >= 11 is 0. The molecule has 1 saturated heterocycles. The largest absolute Gasteiger partial charge is 0.393 e. The molecule has 1 aromatic heterocycles. The van der Waals surface area contributed by atoms with E-state index >= 15 is 0 Å². The van der Waals surface area contributed by atoms with Gasteiger partial charge < -0.3 is 19.7 Å².